The second-order valence-electron chi connectivity index (χ2n) is 7.41. The Labute approximate surface area is 161 Å². The number of allylic oxidation sites excluding steroid dienone is 1. The highest BCUT2D eigenvalue weighted by molar-refractivity contribution is 5.50. The Morgan fingerprint density at radius 2 is 1.27 bits per heavy atom. The van der Waals surface area contributed by atoms with Crippen molar-refractivity contribution in [1.82, 2.24) is 0 Å². The number of anilines is 1. The first-order chi connectivity index (χ1) is 12.8. The minimum atomic E-state index is 0.692. The fourth-order valence-corrected chi connectivity index (χ4v) is 3.25. The van der Waals surface area contributed by atoms with Gasteiger partial charge < -0.3 is 5.32 Å². The lowest BCUT2D eigenvalue weighted by molar-refractivity contribution is 0.539. The van der Waals surface area contributed by atoms with Crippen LogP contribution < -0.4 is 5.32 Å². The molecule has 0 aliphatic heterocycles. The Morgan fingerprint density at radius 3 is 1.73 bits per heavy atom. The quantitative estimate of drug-likeness (QED) is 0.305. The summed E-state index contributed by atoms with van der Waals surface area (Å²) in [7, 11) is 0. The molecule has 26 heavy (non-hydrogen) atoms. The number of hydrogen-bond acceptors (Lipinski definition) is 2. The second-order valence-corrected chi connectivity index (χ2v) is 7.41. The molecule has 0 spiro atoms. The van der Waals surface area contributed by atoms with Crippen LogP contribution in [0.15, 0.2) is 36.5 Å². The summed E-state index contributed by atoms with van der Waals surface area (Å²) in [6.45, 7) is 6.39. The van der Waals surface area contributed by atoms with Crippen LogP contribution in [0.4, 0.5) is 5.69 Å². The average molecular weight is 355 g/mol. The summed E-state index contributed by atoms with van der Waals surface area (Å²) in [4.78, 5) is 0. The SMILES string of the molecule is C=C(CCCCCCCCCCCCCCC)Nc1ccc(C#N)cc1. The lowest BCUT2D eigenvalue weighted by atomic mass is 10.0. The summed E-state index contributed by atoms with van der Waals surface area (Å²) >= 11 is 0. The largest absolute Gasteiger partial charge is 0.359 e. The molecule has 1 aromatic carbocycles. The molecule has 0 bridgehead atoms. The maximum atomic E-state index is 8.81. The molecule has 0 aliphatic rings. The molecule has 0 fully saturated rings. The number of nitrogens with one attached hydrogen (secondary N) is 1. The van der Waals surface area contributed by atoms with Gasteiger partial charge in [-0.3, -0.25) is 0 Å². The molecular formula is C24H38N2. The minimum Gasteiger partial charge on any atom is -0.359 e. The molecule has 144 valence electrons. The Kier molecular flexibility index (Phi) is 13.3. The topological polar surface area (TPSA) is 35.8 Å². The number of nitrogens with zero attached hydrogens (tertiary/aromatic N) is 1. The van der Waals surface area contributed by atoms with Crippen LogP contribution in [0.1, 0.15) is 102 Å². The highest BCUT2D eigenvalue weighted by Gasteiger charge is 1.98. The molecule has 0 radical (unpaired) electrons. The van der Waals surface area contributed by atoms with Crippen molar-refractivity contribution >= 4 is 5.69 Å². The van der Waals surface area contributed by atoms with Crippen molar-refractivity contribution in [2.45, 2.75) is 96.8 Å². The van der Waals surface area contributed by atoms with Gasteiger partial charge in [0.1, 0.15) is 0 Å². The zero-order chi connectivity index (χ0) is 18.9. The Morgan fingerprint density at radius 1 is 0.808 bits per heavy atom. The molecule has 0 heterocycles. The van der Waals surface area contributed by atoms with Gasteiger partial charge in [0.15, 0.2) is 0 Å². The summed E-state index contributed by atoms with van der Waals surface area (Å²) in [5.41, 5.74) is 2.78. The van der Waals surface area contributed by atoms with Crippen LogP contribution >= 0.6 is 0 Å². The zero-order valence-corrected chi connectivity index (χ0v) is 16.9. The first kappa shape index (κ1) is 22.3. The van der Waals surface area contributed by atoms with Crippen molar-refractivity contribution in [3.05, 3.63) is 42.1 Å². The van der Waals surface area contributed by atoms with E-state index in [0.29, 0.717) is 5.56 Å². The van der Waals surface area contributed by atoms with Crippen molar-refractivity contribution in [3.63, 3.8) is 0 Å². The zero-order valence-electron chi connectivity index (χ0n) is 16.9. The third-order valence-electron chi connectivity index (χ3n) is 4.92. The molecule has 0 saturated carbocycles. The summed E-state index contributed by atoms with van der Waals surface area (Å²) in [6.07, 6.45) is 19.0. The summed E-state index contributed by atoms with van der Waals surface area (Å²) in [6, 6.07) is 9.68. The van der Waals surface area contributed by atoms with Gasteiger partial charge in [0.25, 0.3) is 0 Å². The molecule has 1 rings (SSSR count). The average Bonchev–Trinajstić information content (AvgIpc) is 2.66. The van der Waals surface area contributed by atoms with E-state index in [2.05, 4.69) is 24.9 Å². The van der Waals surface area contributed by atoms with Crippen molar-refractivity contribution < 1.29 is 0 Å². The van der Waals surface area contributed by atoms with Crippen LogP contribution in [0.2, 0.25) is 0 Å². The predicted octanol–water partition coefficient (Wildman–Crippen LogP) is 7.97. The van der Waals surface area contributed by atoms with Crippen molar-refractivity contribution in [2.24, 2.45) is 0 Å². The van der Waals surface area contributed by atoms with E-state index in [-0.39, 0.29) is 0 Å². The van der Waals surface area contributed by atoms with Gasteiger partial charge in [-0.15, -0.1) is 0 Å². The van der Waals surface area contributed by atoms with Crippen LogP contribution in [0, 0.1) is 11.3 Å². The van der Waals surface area contributed by atoms with E-state index < -0.39 is 0 Å². The standard InChI is InChI=1S/C24H38N2/c1-3-4-5-6-7-8-9-10-11-12-13-14-15-16-22(2)26-24-19-17-23(21-25)18-20-24/h17-20,26H,2-16H2,1H3. The van der Waals surface area contributed by atoms with Gasteiger partial charge in [0, 0.05) is 11.4 Å². The first-order valence-corrected chi connectivity index (χ1v) is 10.7. The summed E-state index contributed by atoms with van der Waals surface area (Å²) in [5.74, 6) is 0. The molecular weight excluding hydrogens is 316 g/mol. The molecule has 0 aromatic heterocycles. The molecule has 0 amide bonds. The molecule has 1 aromatic rings. The molecule has 1 N–H and O–H groups in total. The smallest absolute Gasteiger partial charge is 0.0991 e. The monoisotopic (exact) mass is 354 g/mol. The molecule has 2 nitrogen and oxygen atoms in total. The van der Waals surface area contributed by atoms with E-state index in [1.165, 1.54) is 83.5 Å². The molecule has 0 atom stereocenters. The predicted molar refractivity (Wildman–Crippen MR) is 114 cm³/mol. The van der Waals surface area contributed by atoms with Gasteiger partial charge in [-0.2, -0.15) is 5.26 Å². The number of benzene rings is 1. The van der Waals surface area contributed by atoms with Crippen LogP contribution in [-0.2, 0) is 0 Å². The summed E-state index contributed by atoms with van der Waals surface area (Å²) < 4.78 is 0. The second kappa shape index (κ2) is 15.5. The first-order valence-electron chi connectivity index (χ1n) is 10.7. The van der Waals surface area contributed by atoms with Gasteiger partial charge in [-0.1, -0.05) is 90.6 Å². The Hall–Kier alpha value is -1.75. The van der Waals surface area contributed by atoms with Crippen LogP contribution in [0.25, 0.3) is 0 Å². The maximum Gasteiger partial charge on any atom is 0.0991 e. The van der Waals surface area contributed by atoms with E-state index in [1.807, 2.05) is 24.3 Å². The van der Waals surface area contributed by atoms with Crippen molar-refractivity contribution in [1.29, 1.82) is 5.26 Å². The highest BCUT2D eigenvalue weighted by atomic mass is 14.9. The number of rotatable bonds is 16. The summed E-state index contributed by atoms with van der Waals surface area (Å²) in [5, 5.41) is 12.1. The van der Waals surface area contributed by atoms with Gasteiger partial charge in [-0.25, -0.2) is 0 Å². The van der Waals surface area contributed by atoms with Gasteiger partial charge in [-0.05, 0) is 37.1 Å². The number of nitriles is 1. The molecule has 0 aliphatic carbocycles. The Bertz CT molecular complexity index is 510. The van der Waals surface area contributed by atoms with Crippen LogP contribution in [0.3, 0.4) is 0 Å². The maximum absolute atomic E-state index is 8.81. The third kappa shape index (κ3) is 11.7. The van der Waals surface area contributed by atoms with E-state index >= 15 is 0 Å². The minimum absolute atomic E-state index is 0.692. The fraction of sp³-hybridized carbons (Fsp3) is 0.625. The van der Waals surface area contributed by atoms with E-state index in [9.17, 15) is 0 Å². The number of hydrogen-bond donors (Lipinski definition) is 1. The van der Waals surface area contributed by atoms with Gasteiger partial charge in [0.2, 0.25) is 0 Å². The highest BCUT2D eigenvalue weighted by Crippen LogP contribution is 2.16. The van der Waals surface area contributed by atoms with E-state index in [4.69, 9.17) is 5.26 Å². The number of unbranched alkanes of at least 4 members (excludes halogenated alkanes) is 12. The molecule has 0 saturated heterocycles. The third-order valence-corrected chi connectivity index (χ3v) is 4.92. The lowest BCUT2D eigenvalue weighted by Gasteiger charge is -2.09. The van der Waals surface area contributed by atoms with Gasteiger partial charge >= 0.3 is 0 Å². The van der Waals surface area contributed by atoms with E-state index in [1.54, 1.807) is 0 Å². The fourth-order valence-electron chi connectivity index (χ4n) is 3.25. The lowest BCUT2D eigenvalue weighted by Crippen LogP contribution is -1.98. The van der Waals surface area contributed by atoms with Crippen molar-refractivity contribution in [3.8, 4) is 6.07 Å². The normalized spacial score (nSPS) is 10.5. The van der Waals surface area contributed by atoms with Crippen LogP contribution in [0.5, 0.6) is 0 Å². The Balaban J connectivity index is 1.89. The molecule has 2 heteroatoms. The van der Waals surface area contributed by atoms with Gasteiger partial charge in [0.05, 0.1) is 11.6 Å². The molecule has 0 unspecified atom stereocenters. The van der Waals surface area contributed by atoms with E-state index in [0.717, 1.165) is 17.8 Å². The van der Waals surface area contributed by atoms with Crippen LogP contribution in [-0.4, -0.2) is 0 Å². The van der Waals surface area contributed by atoms with Crippen molar-refractivity contribution in [2.75, 3.05) is 5.32 Å².